The van der Waals surface area contributed by atoms with Crippen LogP contribution in [0.3, 0.4) is 0 Å². The highest BCUT2D eigenvalue weighted by atomic mass is 79.9. The van der Waals surface area contributed by atoms with E-state index in [0.29, 0.717) is 6.04 Å². The lowest BCUT2D eigenvalue weighted by atomic mass is 10.2. The summed E-state index contributed by atoms with van der Waals surface area (Å²) < 4.78 is 6.85. The van der Waals surface area contributed by atoms with Crippen LogP contribution in [0.15, 0.2) is 28.7 Å². The summed E-state index contributed by atoms with van der Waals surface area (Å²) in [5, 5.41) is 3.43. The van der Waals surface area contributed by atoms with E-state index < -0.39 is 0 Å². The monoisotopic (exact) mass is 312 g/mol. The highest BCUT2D eigenvalue weighted by Gasteiger charge is 2.15. The number of ether oxygens (including phenoxy) is 1. The second-order valence-corrected chi connectivity index (χ2v) is 5.65. The standard InChI is InChI=1S/C14H21BrN2O/c1-12-5-6-16-7-8-17(12)9-10-18-14-4-2-3-13(15)11-14/h2-4,11-12,16H,5-10H2,1H3. The Morgan fingerprint density at radius 1 is 1.44 bits per heavy atom. The Hall–Kier alpha value is -0.580. The average molecular weight is 313 g/mol. The maximum atomic E-state index is 5.79. The van der Waals surface area contributed by atoms with E-state index >= 15 is 0 Å². The van der Waals surface area contributed by atoms with E-state index in [-0.39, 0.29) is 0 Å². The van der Waals surface area contributed by atoms with E-state index in [1.54, 1.807) is 0 Å². The van der Waals surface area contributed by atoms with Crippen molar-refractivity contribution in [2.45, 2.75) is 19.4 Å². The van der Waals surface area contributed by atoms with Crippen LogP contribution >= 0.6 is 15.9 Å². The summed E-state index contributed by atoms with van der Waals surface area (Å²) in [6.45, 7) is 7.37. The summed E-state index contributed by atoms with van der Waals surface area (Å²) >= 11 is 3.45. The number of nitrogens with zero attached hydrogens (tertiary/aromatic N) is 1. The van der Waals surface area contributed by atoms with Crippen LogP contribution in [-0.2, 0) is 0 Å². The van der Waals surface area contributed by atoms with E-state index in [0.717, 1.165) is 43.0 Å². The molecule has 1 aliphatic heterocycles. The van der Waals surface area contributed by atoms with Gasteiger partial charge in [0.05, 0.1) is 0 Å². The van der Waals surface area contributed by atoms with Crippen molar-refractivity contribution in [3.63, 3.8) is 0 Å². The summed E-state index contributed by atoms with van der Waals surface area (Å²) in [5.41, 5.74) is 0. The van der Waals surface area contributed by atoms with Crippen LogP contribution in [0.2, 0.25) is 0 Å². The van der Waals surface area contributed by atoms with E-state index in [1.165, 1.54) is 6.42 Å². The van der Waals surface area contributed by atoms with Gasteiger partial charge in [0.2, 0.25) is 0 Å². The average Bonchev–Trinajstić information content (AvgIpc) is 2.55. The van der Waals surface area contributed by atoms with Gasteiger partial charge in [-0.25, -0.2) is 0 Å². The van der Waals surface area contributed by atoms with Crippen LogP contribution in [0.25, 0.3) is 0 Å². The number of nitrogens with one attached hydrogen (secondary N) is 1. The SMILES string of the molecule is CC1CCNCCN1CCOc1cccc(Br)c1. The van der Waals surface area contributed by atoms with E-state index in [4.69, 9.17) is 4.74 Å². The van der Waals surface area contributed by atoms with Crippen LogP contribution < -0.4 is 10.1 Å². The zero-order valence-corrected chi connectivity index (χ0v) is 12.4. The zero-order chi connectivity index (χ0) is 12.8. The number of benzene rings is 1. The van der Waals surface area contributed by atoms with Gasteiger partial charge in [0.15, 0.2) is 0 Å². The molecule has 1 aliphatic rings. The Kier molecular flexibility index (Phi) is 5.47. The van der Waals surface area contributed by atoms with Crippen molar-refractivity contribution >= 4 is 15.9 Å². The Morgan fingerprint density at radius 3 is 3.17 bits per heavy atom. The van der Waals surface area contributed by atoms with Crippen LogP contribution in [0.5, 0.6) is 5.75 Å². The van der Waals surface area contributed by atoms with Gasteiger partial charge in [-0.3, -0.25) is 4.90 Å². The molecule has 1 heterocycles. The molecule has 1 unspecified atom stereocenters. The second-order valence-electron chi connectivity index (χ2n) is 4.73. The maximum absolute atomic E-state index is 5.79. The van der Waals surface area contributed by atoms with Crippen LogP contribution in [0, 0.1) is 0 Å². The Bertz CT molecular complexity index is 373. The predicted octanol–water partition coefficient (Wildman–Crippen LogP) is 2.51. The summed E-state index contributed by atoms with van der Waals surface area (Å²) in [7, 11) is 0. The van der Waals surface area contributed by atoms with Gasteiger partial charge >= 0.3 is 0 Å². The summed E-state index contributed by atoms with van der Waals surface area (Å²) in [6.07, 6.45) is 1.22. The molecule has 4 heteroatoms. The molecule has 1 aromatic rings. The molecule has 1 saturated heterocycles. The molecule has 0 aliphatic carbocycles. The van der Waals surface area contributed by atoms with Gasteiger partial charge in [-0.05, 0) is 38.1 Å². The fourth-order valence-corrected chi connectivity index (χ4v) is 2.61. The third-order valence-electron chi connectivity index (χ3n) is 3.38. The van der Waals surface area contributed by atoms with Gasteiger partial charge in [-0.1, -0.05) is 22.0 Å². The summed E-state index contributed by atoms with van der Waals surface area (Å²) in [5.74, 6) is 0.935. The highest BCUT2D eigenvalue weighted by Crippen LogP contribution is 2.17. The first kappa shape index (κ1) is 13.8. The van der Waals surface area contributed by atoms with E-state index in [1.807, 2.05) is 24.3 Å². The minimum atomic E-state index is 0.645. The molecule has 0 saturated carbocycles. The number of hydrogen-bond acceptors (Lipinski definition) is 3. The molecule has 1 atom stereocenters. The molecule has 18 heavy (non-hydrogen) atoms. The largest absolute Gasteiger partial charge is 0.492 e. The van der Waals surface area contributed by atoms with Crippen molar-refractivity contribution in [3.05, 3.63) is 28.7 Å². The van der Waals surface area contributed by atoms with Crippen molar-refractivity contribution in [2.75, 3.05) is 32.8 Å². The van der Waals surface area contributed by atoms with Gasteiger partial charge in [-0.2, -0.15) is 0 Å². The van der Waals surface area contributed by atoms with Gasteiger partial charge in [0, 0.05) is 30.1 Å². The fraction of sp³-hybridized carbons (Fsp3) is 0.571. The third-order valence-corrected chi connectivity index (χ3v) is 3.87. The number of hydrogen-bond donors (Lipinski definition) is 1. The van der Waals surface area contributed by atoms with Crippen LogP contribution in [0.4, 0.5) is 0 Å². The summed E-state index contributed by atoms with van der Waals surface area (Å²) in [6, 6.07) is 8.66. The molecule has 1 N–H and O–H groups in total. The number of halogens is 1. The Balaban J connectivity index is 1.77. The topological polar surface area (TPSA) is 24.5 Å². The molecule has 0 aromatic heterocycles. The molecule has 2 rings (SSSR count). The van der Waals surface area contributed by atoms with Gasteiger partial charge in [-0.15, -0.1) is 0 Å². The third kappa shape index (κ3) is 4.26. The smallest absolute Gasteiger partial charge is 0.120 e. The predicted molar refractivity (Wildman–Crippen MR) is 78.2 cm³/mol. The molecular formula is C14H21BrN2O. The highest BCUT2D eigenvalue weighted by molar-refractivity contribution is 9.10. The van der Waals surface area contributed by atoms with Crippen molar-refractivity contribution in [1.29, 1.82) is 0 Å². The zero-order valence-electron chi connectivity index (χ0n) is 10.9. The quantitative estimate of drug-likeness (QED) is 0.924. The minimum Gasteiger partial charge on any atom is -0.492 e. The van der Waals surface area contributed by atoms with Crippen LogP contribution in [-0.4, -0.2) is 43.7 Å². The molecule has 1 fully saturated rings. The van der Waals surface area contributed by atoms with Gasteiger partial charge in [0.1, 0.15) is 12.4 Å². The lowest BCUT2D eigenvalue weighted by molar-refractivity contribution is 0.175. The molecule has 0 bridgehead atoms. The molecule has 0 spiro atoms. The lowest BCUT2D eigenvalue weighted by Gasteiger charge is -2.26. The Morgan fingerprint density at radius 2 is 2.33 bits per heavy atom. The fourth-order valence-electron chi connectivity index (χ4n) is 2.23. The molecule has 0 radical (unpaired) electrons. The van der Waals surface area contributed by atoms with Crippen molar-refractivity contribution < 1.29 is 4.74 Å². The molecule has 100 valence electrons. The first-order chi connectivity index (χ1) is 8.75. The molecular weight excluding hydrogens is 292 g/mol. The maximum Gasteiger partial charge on any atom is 0.120 e. The molecule has 3 nitrogen and oxygen atoms in total. The first-order valence-electron chi connectivity index (χ1n) is 6.59. The van der Waals surface area contributed by atoms with E-state index in [9.17, 15) is 0 Å². The van der Waals surface area contributed by atoms with E-state index in [2.05, 4.69) is 33.1 Å². The van der Waals surface area contributed by atoms with Gasteiger partial charge in [0.25, 0.3) is 0 Å². The van der Waals surface area contributed by atoms with Gasteiger partial charge < -0.3 is 10.1 Å². The lowest BCUT2D eigenvalue weighted by Crippen LogP contribution is -2.37. The van der Waals surface area contributed by atoms with Crippen LogP contribution in [0.1, 0.15) is 13.3 Å². The Labute approximate surface area is 118 Å². The van der Waals surface area contributed by atoms with Crippen molar-refractivity contribution in [3.8, 4) is 5.75 Å². The normalized spacial score (nSPS) is 21.6. The number of rotatable bonds is 4. The molecule has 0 amide bonds. The molecule has 1 aromatic carbocycles. The second kappa shape index (κ2) is 7.12. The summed E-state index contributed by atoms with van der Waals surface area (Å²) in [4.78, 5) is 2.50. The minimum absolute atomic E-state index is 0.645. The van der Waals surface area contributed by atoms with Crippen molar-refractivity contribution in [2.24, 2.45) is 0 Å². The van der Waals surface area contributed by atoms with Crippen molar-refractivity contribution in [1.82, 2.24) is 10.2 Å². The first-order valence-corrected chi connectivity index (χ1v) is 7.38.